The third-order valence-corrected chi connectivity index (χ3v) is 6.49. The first-order valence-corrected chi connectivity index (χ1v) is 11.4. The first kappa shape index (κ1) is 20.2. The van der Waals surface area contributed by atoms with Crippen LogP contribution in [0.4, 0.5) is 11.4 Å². The topological polar surface area (TPSA) is 87.2 Å². The largest absolute Gasteiger partial charge is 0.476 e. The number of hydrogen-bond donors (Lipinski definition) is 0. The fourth-order valence-corrected chi connectivity index (χ4v) is 4.81. The Labute approximate surface area is 175 Å². The molecule has 0 saturated heterocycles. The molecule has 2 aliphatic rings. The number of sulfonamides is 1. The molecule has 2 heterocycles. The van der Waals surface area contributed by atoms with Crippen molar-refractivity contribution in [2.75, 3.05) is 42.6 Å². The Bertz CT molecular complexity index is 1130. The lowest BCUT2D eigenvalue weighted by molar-refractivity contribution is -0.135. The summed E-state index contributed by atoms with van der Waals surface area (Å²) in [5.41, 5.74) is 2.46. The van der Waals surface area contributed by atoms with Crippen LogP contribution >= 0.6 is 0 Å². The smallest absolute Gasteiger partial charge is 0.265 e. The molecule has 0 bridgehead atoms. The van der Waals surface area contributed by atoms with Gasteiger partial charge in [0, 0.05) is 26.2 Å². The van der Waals surface area contributed by atoms with E-state index in [1.807, 2.05) is 6.07 Å². The molecular formula is C21H23N3O5S. The van der Waals surface area contributed by atoms with Crippen LogP contribution in [0, 0.1) is 0 Å². The standard InChI is InChI=1S/C21H23N3O5S/c1-22(2)21(26)19-13-23(17-6-4-5-7-18(17)29-19)20(25)15-8-9-16-14(12-15)10-11-24(16)30(3,27)28/h4-9,12,19H,10-11,13H2,1-3H3/t19-/m0/s1. The Morgan fingerprint density at radius 3 is 2.53 bits per heavy atom. The summed E-state index contributed by atoms with van der Waals surface area (Å²) in [5.74, 6) is -0.00956. The fourth-order valence-electron chi connectivity index (χ4n) is 3.85. The van der Waals surface area contributed by atoms with Gasteiger partial charge in [-0.15, -0.1) is 0 Å². The van der Waals surface area contributed by atoms with E-state index in [4.69, 9.17) is 4.74 Å². The number of carbonyl (C=O) groups is 2. The quantitative estimate of drug-likeness (QED) is 0.738. The van der Waals surface area contributed by atoms with Crippen molar-refractivity contribution in [3.63, 3.8) is 0 Å². The van der Waals surface area contributed by atoms with Crippen LogP contribution in [0.25, 0.3) is 0 Å². The van der Waals surface area contributed by atoms with Gasteiger partial charge in [-0.05, 0) is 42.3 Å². The van der Waals surface area contributed by atoms with Crippen LogP contribution in [0.15, 0.2) is 42.5 Å². The van der Waals surface area contributed by atoms with Crippen LogP contribution in [-0.2, 0) is 21.2 Å². The van der Waals surface area contributed by atoms with Gasteiger partial charge >= 0.3 is 0 Å². The van der Waals surface area contributed by atoms with E-state index in [0.717, 1.165) is 5.56 Å². The van der Waals surface area contributed by atoms with E-state index in [2.05, 4.69) is 0 Å². The highest BCUT2D eigenvalue weighted by Crippen LogP contribution is 2.36. The predicted octanol–water partition coefficient (Wildman–Crippen LogP) is 1.50. The van der Waals surface area contributed by atoms with Crippen LogP contribution in [0.3, 0.4) is 0 Å². The van der Waals surface area contributed by atoms with Crippen molar-refractivity contribution in [2.45, 2.75) is 12.5 Å². The SMILES string of the molecule is CN(C)C(=O)[C@@H]1CN(C(=O)c2ccc3c(c2)CCN3S(C)(=O)=O)c2ccccc2O1. The van der Waals surface area contributed by atoms with Gasteiger partial charge in [0.1, 0.15) is 5.75 Å². The summed E-state index contributed by atoms with van der Waals surface area (Å²) >= 11 is 0. The molecule has 9 heteroatoms. The summed E-state index contributed by atoms with van der Waals surface area (Å²) < 4.78 is 31.1. The number of hydrogen-bond acceptors (Lipinski definition) is 5. The number of rotatable bonds is 3. The van der Waals surface area contributed by atoms with Crippen molar-refractivity contribution in [1.29, 1.82) is 0 Å². The summed E-state index contributed by atoms with van der Waals surface area (Å²) in [5, 5.41) is 0. The summed E-state index contributed by atoms with van der Waals surface area (Å²) in [6, 6.07) is 12.2. The van der Waals surface area contributed by atoms with E-state index >= 15 is 0 Å². The molecule has 0 unspecified atom stereocenters. The Kier molecular flexibility index (Phi) is 4.93. The van der Waals surface area contributed by atoms with E-state index in [1.54, 1.807) is 55.4 Å². The fraction of sp³-hybridized carbons (Fsp3) is 0.333. The molecule has 1 atom stereocenters. The molecule has 0 saturated carbocycles. The van der Waals surface area contributed by atoms with Gasteiger partial charge in [0.15, 0.2) is 6.10 Å². The highest BCUT2D eigenvalue weighted by Gasteiger charge is 2.35. The van der Waals surface area contributed by atoms with Crippen molar-refractivity contribution in [3.8, 4) is 5.75 Å². The molecule has 158 valence electrons. The minimum absolute atomic E-state index is 0.0966. The van der Waals surface area contributed by atoms with Crippen molar-refractivity contribution < 1.29 is 22.7 Å². The number of ether oxygens (including phenoxy) is 1. The van der Waals surface area contributed by atoms with E-state index in [1.165, 1.54) is 15.5 Å². The van der Waals surface area contributed by atoms with Gasteiger partial charge in [0.2, 0.25) is 10.0 Å². The summed E-state index contributed by atoms with van der Waals surface area (Å²) in [6.07, 6.45) is 0.924. The molecule has 0 aliphatic carbocycles. The van der Waals surface area contributed by atoms with Gasteiger partial charge in [0.25, 0.3) is 11.8 Å². The monoisotopic (exact) mass is 429 g/mol. The van der Waals surface area contributed by atoms with E-state index in [-0.39, 0.29) is 18.4 Å². The summed E-state index contributed by atoms with van der Waals surface area (Å²) in [4.78, 5) is 28.9. The average molecular weight is 429 g/mol. The molecule has 0 fully saturated rings. The van der Waals surface area contributed by atoms with E-state index < -0.39 is 16.1 Å². The predicted molar refractivity (Wildman–Crippen MR) is 114 cm³/mol. The Morgan fingerprint density at radius 1 is 1.10 bits per heavy atom. The van der Waals surface area contributed by atoms with Crippen LogP contribution in [-0.4, -0.2) is 64.7 Å². The molecule has 2 amide bonds. The normalized spacial score (nSPS) is 17.8. The number of anilines is 2. The molecule has 0 radical (unpaired) electrons. The zero-order valence-electron chi connectivity index (χ0n) is 17.0. The van der Waals surface area contributed by atoms with Crippen molar-refractivity contribution in [1.82, 2.24) is 4.90 Å². The van der Waals surface area contributed by atoms with Gasteiger partial charge in [-0.25, -0.2) is 8.42 Å². The average Bonchev–Trinajstić information content (AvgIpc) is 3.15. The molecule has 30 heavy (non-hydrogen) atoms. The second kappa shape index (κ2) is 7.32. The van der Waals surface area contributed by atoms with Crippen molar-refractivity contribution in [2.24, 2.45) is 0 Å². The first-order chi connectivity index (χ1) is 14.2. The van der Waals surface area contributed by atoms with E-state index in [9.17, 15) is 18.0 Å². The third-order valence-electron chi connectivity index (χ3n) is 5.31. The Morgan fingerprint density at radius 2 is 1.83 bits per heavy atom. The van der Waals surface area contributed by atoms with Crippen molar-refractivity contribution >= 4 is 33.2 Å². The molecule has 0 N–H and O–H groups in total. The van der Waals surface area contributed by atoms with Crippen LogP contribution in [0.5, 0.6) is 5.75 Å². The number of nitrogens with zero attached hydrogens (tertiary/aromatic N) is 3. The van der Waals surface area contributed by atoms with Gasteiger partial charge < -0.3 is 14.5 Å². The number of amides is 2. The minimum Gasteiger partial charge on any atom is -0.476 e. The van der Waals surface area contributed by atoms with E-state index in [0.29, 0.717) is 35.7 Å². The zero-order valence-corrected chi connectivity index (χ0v) is 17.8. The van der Waals surface area contributed by atoms with Gasteiger partial charge in [-0.2, -0.15) is 0 Å². The van der Waals surface area contributed by atoms with Crippen LogP contribution in [0.2, 0.25) is 0 Å². The number of benzene rings is 2. The van der Waals surface area contributed by atoms with Gasteiger partial charge in [-0.3, -0.25) is 13.9 Å². The molecule has 2 aromatic rings. The Balaban J connectivity index is 1.68. The van der Waals surface area contributed by atoms with Crippen LogP contribution < -0.4 is 13.9 Å². The van der Waals surface area contributed by atoms with Gasteiger partial charge in [0.05, 0.1) is 24.2 Å². The lowest BCUT2D eigenvalue weighted by Crippen LogP contribution is -2.50. The minimum atomic E-state index is -3.36. The maximum atomic E-state index is 13.4. The number of likely N-dealkylation sites (N-methyl/N-ethyl adjacent to an activating group) is 1. The zero-order chi connectivity index (χ0) is 21.6. The molecule has 0 aromatic heterocycles. The number of fused-ring (bicyclic) bond motifs is 2. The Hall–Kier alpha value is -3.07. The lowest BCUT2D eigenvalue weighted by atomic mass is 10.1. The summed E-state index contributed by atoms with van der Waals surface area (Å²) in [7, 11) is -0.0647. The second-order valence-corrected chi connectivity index (χ2v) is 9.56. The van der Waals surface area contributed by atoms with Crippen LogP contribution in [0.1, 0.15) is 15.9 Å². The number of carbonyl (C=O) groups excluding carboxylic acids is 2. The number of para-hydroxylation sites is 2. The highest BCUT2D eigenvalue weighted by molar-refractivity contribution is 7.92. The highest BCUT2D eigenvalue weighted by atomic mass is 32.2. The molecule has 0 spiro atoms. The second-order valence-electron chi connectivity index (χ2n) is 7.65. The van der Waals surface area contributed by atoms with Crippen molar-refractivity contribution in [3.05, 3.63) is 53.6 Å². The third kappa shape index (κ3) is 3.49. The molecule has 8 nitrogen and oxygen atoms in total. The maximum absolute atomic E-state index is 13.4. The molecule has 2 aromatic carbocycles. The maximum Gasteiger partial charge on any atom is 0.265 e. The first-order valence-electron chi connectivity index (χ1n) is 9.56. The molecular weight excluding hydrogens is 406 g/mol. The molecule has 2 aliphatic heterocycles. The van der Waals surface area contributed by atoms with Gasteiger partial charge in [-0.1, -0.05) is 12.1 Å². The summed E-state index contributed by atoms with van der Waals surface area (Å²) in [6.45, 7) is 0.463. The lowest BCUT2D eigenvalue weighted by Gasteiger charge is -2.35. The molecule has 4 rings (SSSR count).